The maximum Gasteiger partial charge on any atom is 0.243 e. The molecule has 3 aromatic rings. The second-order valence-corrected chi connectivity index (χ2v) is 11.1. The van der Waals surface area contributed by atoms with E-state index in [0.29, 0.717) is 25.3 Å². The molecule has 2 amide bonds. The number of benzene rings is 3. The summed E-state index contributed by atoms with van der Waals surface area (Å²) in [5.74, 6) is 0.886. The van der Waals surface area contributed by atoms with Crippen molar-refractivity contribution in [1.82, 2.24) is 10.2 Å². The number of rotatable bonds is 12. The Morgan fingerprint density at radius 3 is 2.06 bits per heavy atom. The second kappa shape index (κ2) is 14.5. The van der Waals surface area contributed by atoms with Crippen molar-refractivity contribution in [2.45, 2.75) is 38.1 Å². The summed E-state index contributed by atoms with van der Waals surface area (Å²) in [5.41, 5.74) is 3.17. The van der Waals surface area contributed by atoms with E-state index < -0.39 is 6.04 Å². The summed E-state index contributed by atoms with van der Waals surface area (Å²) in [6.45, 7) is 2.99. The van der Waals surface area contributed by atoms with Crippen molar-refractivity contribution in [3.05, 3.63) is 104 Å². The topological polar surface area (TPSA) is 49.4 Å². The van der Waals surface area contributed by atoms with Gasteiger partial charge in [-0.25, -0.2) is 0 Å². The Morgan fingerprint density at radius 2 is 1.46 bits per heavy atom. The molecule has 1 N–H and O–H groups in total. The molecule has 0 aliphatic heterocycles. The van der Waals surface area contributed by atoms with Gasteiger partial charge in [-0.3, -0.25) is 9.59 Å². The molecule has 35 heavy (non-hydrogen) atoms. The Bertz CT molecular complexity index is 1080. The van der Waals surface area contributed by atoms with Gasteiger partial charge in [-0.05, 0) is 47.4 Å². The van der Waals surface area contributed by atoms with Crippen molar-refractivity contribution in [2.24, 2.45) is 0 Å². The summed E-state index contributed by atoms with van der Waals surface area (Å²) in [4.78, 5) is 28.6. The third-order valence-electron chi connectivity index (χ3n) is 5.49. The molecule has 3 rings (SSSR count). The first-order valence-electron chi connectivity index (χ1n) is 11.6. The van der Waals surface area contributed by atoms with Crippen LogP contribution in [0.2, 0.25) is 0 Å². The van der Waals surface area contributed by atoms with Gasteiger partial charge in [0.05, 0.1) is 5.75 Å². The van der Waals surface area contributed by atoms with Crippen LogP contribution in [-0.4, -0.2) is 35.1 Å². The van der Waals surface area contributed by atoms with E-state index in [2.05, 4.69) is 49.3 Å². The largest absolute Gasteiger partial charge is 0.354 e. The number of thioether (sulfide) groups is 1. The number of nitrogens with zero attached hydrogens (tertiary/aromatic N) is 1. The van der Waals surface area contributed by atoms with E-state index in [1.807, 2.05) is 73.7 Å². The van der Waals surface area contributed by atoms with Crippen LogP contribution in [0.3, 0.4) is 0 Å². The average Bonchev–Trinajstić information content (AvgIpc) is 2.87. The van der Waals surface area contributed by atoms with E-state index in [4.69, 9.17) is 0 Å². The molecule has 0 aliphatic rings. The minimum Gasteiger partial charge on any atom is -0.354 e. The van der Waals surface area contributed by atoms with Gasteiger partial charge in [0.1, 0.15) is 6.04 Å². The Balaban J connectivity index is 1.81. The van der Waals surface area contributed by atoms with Gasteiger partial charge >= 0.3 is 0 Å². The molecule has 0 radical (unpaired) electrons. The summed E-state index contributed by atoms with van der Waals surface area (Å²) in [7, 11) is 0. The molecule has 1 atom stereocenters. The van der Waals surface area contributed by atoms with Crippen LogP contribution in [0.15, 0.2) is 87.8 Å². The number of nitrogens with one attached hydrogen (secondary N) is 1. The third-order valence-corrected chi connectivity index (χ3v) is 7.54. The lowest BCUT2D eigenvalue weighted by Crippen LogP contribution is -2.51. The highest BCUT2D eigenvalue weighted by atomic mass is 79.9. The quantitative estimate of drug-likeness (QED) is 0.249. The van der Waals surface area contributed by atoms with E-state index in [9.17, 15) is 9.59 Å². The highest BCUT2D eigenvalue weighted by Gasteiger charge is 2.30. The van der Waals surface area contributed by atoms with Crippen molar-refractivity contribution in [2.75, 3.05) is 12.3 Å². The number of carbonyl (C=O) groups excluding carboxylic acids is 2. The predicted octanol–water partition coefficient (Wildman–Crippen LogP) is 6.61. The predicted molar refractivity (Wildman–Crippen MR) is 152 cm³/mol. The van der Waals surface area contributed by atoms with Crippen LogP contribution in [-0.2, 0) is 28.3 Å². The van der Waals surface area contributed by atoms with Crippen molar-refractivity contribution < 1.29 is 9.59 Å². The minimum atomic E-state index is -0.589. The SMILES string of the molecule is CCCNC(=O)[C@H](Cc1ccccc1)N(Cc1ccc(Br)cc1)C(=O)CSCc1ccc(Br)cc1. The molecular formula is C28H30Br2N2O2S. The smallest absolute Gasteiger partial charge is 0.243 e. The van der Waals surface area contributed by atoms with Gasteiger partial charge < -0.3 is 10.2 Å². The average molecular weight is 618 g/mol. The molecule has 0 aromatic heterocycles. The number of carbonyl (C=O) groups is 2. The second-order valence-electron chi connectivity index (χ2n) is 8.26. The van der Waals surface area contributed by atoms with Crippen molar-refractivity contribution >= 4 is 55.4 Å². The Hall–Kier alpha value is -2.09. The van der Waals surface area contributed by atoms with Gasteiger partial charge in [-0.15, -0.1) is 11.8 Å². The summed E-state index contributed by atoms with van der Waals surface area (Å²) < 4.78 is 2.01. The Labute approximate surface area is 229 Å². The van der Waals surface area contributed by atoms with Crippen LogP contribution in [0.25, 0.3) is 0 Å². The summed E-state index contributed by atoms with van der Waals surface area (Å²) in [6, 6.07) is 25.3. The first-order valence-corrected chi connectivity index (χ1v) is 14.4. The summed E-state index contributed by atoms with van der Waals surface area (Å²) in [6.07, 6.45) is 1.31. The van der Waals surface area contributed by atoms with Crippen LogP contribution < -0.4 is 5.32 Å². The fourth-order valence-electron chi connectivity index (χ4n) is 3.63. The molecule has 184 valence electrons. The van der Waals surface area contributed by atoms with Gasteiger partial charge in [0.2, 0.25) is 11.8 Å². The standard InChI is InChI=1S/C28H30Br2N2O2S/c1-2-16-31-28(34)26(17-21-6-4-3-5-7-21)32(18-22-8-12-24(29)13-9-22)27(33)20-35-19-23-10-14-25(30)15-11-23/h3-15,26H,2,16-20H2,1H3,(H,31,34)/t26-/m0/s1. The molecule has 0 unspecified atom stereocenters. The van der Waals surface area contributed by atoms with Gasteiger partial charge in [0.15, 0.2) is 0 Å². The van der Waals surface area contributed by atoms with Crippen LogP contribution >= 0.6 is 43.6 Å². The van der Waals surface area contributed by atoms with Crippen LogP contribution in [0, 0.1) is 0 Å². The molecule has 0 saturated heterocycles. The normalized spacial score (nSPS) is 11.6. The molecule has 0 bridgehead atoms. The van der Waals surface area contributed by atoms with Gasteiger partial charge in [-0.2, -0.15) is 0 Å². The summed E-state index contributed by atoms with van der Waals surface area (Å²) in [5, 5.41) is 3.02. The zero-order chi connectivity index (χ0) is 25.0. The Kier molecular flexibility index (Phi) is 11.4. The number of hydrogen-bond donors (Lipinski definition) is 1. The molecular weight excluding hydrogens is 588 g/mol. The van der Waals surface area contributed by atoms with Gasteiger partial charge in [0, 0.05) is 34.2 Å². The molecule has 3 aromatic carbocycles. The zero-order valence-electron chi connectivity index (χ0n) is 19.8. The highest BCUT2D eigenvalue weighted by Crippen LogP contribution is 2.20. The molecule has 0 saturated carbocycles. The van der Waals surface area contributed by atoms with Crippen LogP contribution in [0.1, 0.15) is 30.0 Å². The maximum absolute atomic E-state index is 13.6. The van der Waals surface area contributed by atoms with E-state index in [1.54, 1.807) is 16.7 Å². The van der Waals surface area contributed by atoms with Gasteiger partial charge in [-0.1, -0.05) is 93.4 Å². The highest BCUT2D eigenvalue weighted by molar-refractivity contribution is 9.10. The van der Waals surface area contributed by atoms with Crippen LogP contribution in [0.4, 0.5) is 0 Å². The van der Waals surface area contributed by atoms with Crippen molar-refractivity contribution in [1.29, 1.82) is 0 Å². The van der Waals surface area contributed by atoms with E-state index in [0.717, 1.165) is 37.8 Å². The lowest BCUT2D eigenvalue weighted by Gasteiger charge is -2.31. The minimum absolute atomic E-state index is 0.0392. The first kappa shape index (κ1) is 27.5. The first-order chi connectivity index (χ1) is 17.0. The zero-order valence-corrected chi connectivity index (χ0v) is 23.7. The van der Waals surface area contributed by atoms with Crippen LogP contribution in [0.5, 0.6) is 0 Å². The fraction of sp³-hybridized carbons (Fsp3) is 0.286. The van der Waals surface area contributed by atoms with Crippen molar-refractivity contribution in [3.8, 4) is 0 Å². The molecule has 4 nitrogen and oxygen atoms in total. The third kappa shape index (κ3) is 9.13. The van der Waals surface area contributed by atoms with Crippen molar-refractivity contribution in [3.63, 3.8) is 0 Å². The number of hydrogen-bond acceptors (Lipinski definition) is 3. The monoisotopic (exact) mass is 616 g/mol. The molecule has 7 heteroatoms. The molecule has 0 fully saturated rings. The fourth-order valence-corrected chi connectivity index (χ4v) is 5.03. The van der Waals surface area contributed by atoms with E-state index in [-0.39, 0.29) is 11.8 Å². The molecule has 0 aliphatic carbocycles. The number of halogens is 2. The lowest BCUT2D eigenvalue weighted by molar-refractivity contribution is -0.139. The molecule has 0 spiro atoms. The Morgan fingerprint density at radius 1 is 0.857 bits per heavy atom. The summed E-state index contributed by atoms with van der Waals surface area (Å²) >= 11 is 8.50. The van der Waals surface area contributed by atoms with E-state index in [1.165, 1.54) is 0 Å². The van der Waals surface area contributed by atoms with Gasteiger partial charge in [0.25, 0.3) is 0 Å². The lowest BCUT2D eigenvalue weighted by atomic mass is 10.0. The number of amides is 2. The van der Waals surface area contributed by atoms with E-state index >= 15 is 0 Å². The maximum atomic E-state index is 13.6. The molecule has 0 heterocycles.